The summed E-state index contributed by atoms with van der Waals surface area (Å²) in [6.07, 6.45) is 2.81. The number of rotatable bonds is 3. The zero-order chi connectivity index (χ0) is 20.2. The van der Waals surface area contributed by atoms with Crippen LogP contribution in [0.1, 0.15) is 25.0 Å². The van der Waals surface area contributed by atoms with Crippen molar-refractivity contribution in [3.63, 3.8) is 0 Å². The van der Waals surface area contributed by atoms with E-state index in [-0.39, 0.29) is 5.60 Å². The molecule has 1 saturated heterocycles. The Balaban J connectivity index is 1.83. The highest BCUT2D eigenvalue weighted by atomic mass is 32.2. The molecule has 7 nitrogen and oxygen atoms in total. The van der Waals surface area contributed by atoms with Gasteiger partial charge in [0.2, 0.25) is 5.88 Å². The van der Waals surface area contributed by atoms with Crippen LogP contribution < -0.4 is 9.64 Å². The second-order valence-corrected chi connectivity index (χ2v) is 9.67. The molecule has 0 N–H and O–H groups in total. The summed E-state index contributed by atoms with van der Waals surface area (Å²) in [4.78, 5) is 17.8. The number of fused-ring (bicyclic) bond motifs is 5. The van der Waals surface area contributed by atoms with E-state index in [4.69, 9.17) is 24.2 Å². The monoisotopic (exact) mass is 432 g/mol. The molecule has 9 heteroatoms. The van der Waals surface area contributed by atoms with Crippen LogP contribution in [0.5, 0.6) is 5.88 Å². The van der Waals surface area contributed by atoms with Gasteiger partial charge in [-0.3, -0.25) is 0 Å². The molecule has 2 aliphatic rings. The Morgan fingerprint density at radius 2 is 1.93 bits per heavy atom. The first-order chi connectivity index (χ1) is 14.0. The highest BCUT2D eigenvalue weighted by molar-refractivity contribution is 7.98. The highest BCUT2D eigenvalue weighted by Crippen LogP contribution is 2.45. The summed E-state index contributed by atoms with van der Waals surface area (Å²) in [6, 6.07) is 0. The van der Waals surface area contributed by atoms with E-state index in [1.54, 1.807) is 18.4 Å². The van der Waals surface area contributed by atoms with Gasteiger partial charge >= 0.3 is 0 Å². The van der Waals surface area contributed by atoms with E-state index in [1.165, 1.54) is 22.9 Å². The van der Waals surface area contributed by atoms with Crippen LogP contribution in [-0.2, 0) is 22.5 Å². The Labute approximate surface area is 177 Å². The van der Waals surface area contributed by atoms with Crippen molar-refractivity contribution in [3.05, 3.63) is 11.1 Å². The zero-order valence-corrected chi connectivity index (χ0v) is 18.7. The summed E-state index contributed by atoms with van der Waals surface area (Å²) >= 11 is 3.14. The zero-order valence-electron chi connectivity index (χ0n) is 17.1. The fourth-order valence-electron chi connectivity index (χ4n) is 4.08. The molecule has 0 aromatic carbocycles. The standard InChI is InChI=1S/C20H24N4O3S2/c1-20(2)9-11-12(10-27-20)16(24-5-7-26-8-6-24)22-18-13(11)14-15(29-18)17(25-3)23-19(21-14)28-4/h5-10H2,1-4H3. The lowest BCUT2D eigenvalue weighted by Crippen LogP contribution is -2.39. The van der Waals surface area contributed by atoms with Crippen LogP contribution >= 0.6 is 23.1 Å². The molecule has 0 bridgehead atoms. The molecule has 154 valence electrons. The predicted octanol–water partition coefficient (Wildman–Crippen LogP) is 3.66. The van der Waals surface area contributed by atoms with Gasteiger partial charge in [-0.2, -0.15) is 4.98 Å². The van der Waals surface area contributed by atoms with Crippen molar-refractivity contribution in [2.45, 2.75) is 37.6 Å². The van der Waals surface area contributed by atoms with Gasteiger partial charge in [0.05, 0.1) is 38.0 Å². The molecule has 0 unspecified atom stereocenters. The van der Waals surface area contributed by atoms with Gasteiger partial charge in [0, 0.05) is 30.5 Å². The van der Waals surface area contributed by atoms with E-state index in [1.807, 2.05) is 6.26 Å². The lowest BCUT2D eigenvalue weighted by atomic mass is 9.90. The van der Waals surface area contributed by atoms with Gasteiger partial charge in [-0.15, -0.1) is 11.3 Å². The van der Waals surface area contributed by atoms with E-state index >= 15 is 0 Å². The van der Waals surface area contributed by atoms with E-state index < -0.39 is 0 Å². The predicted molar refractivity (Wildman–Crippen MR) is 117 cm³/mol. The molecular formula is C20H24N4O3S2. The SMILES string of the molecule is COc1nc(SC)nc2c1sc1nc(N3CCOCC3)c3c(c12)CC(C)(C)OC3. The number of anilines is 1. The number of methoxy groups -OCH3 is 1. The van der Waals surface area contributed by atoms with Gasteiger partial charge in [-0.1, -0.05) is 11.8 Å². The third-order valence-electron chi connectivity index (χ3n) is 5.50. The first-order valence-electron chi connectivity index (χ1n) is 9.71. The molecule has 2 aliphatic heterocycles. The van der Waals surface area contributed by atoms with Crippen LogP contribution in [0, 0.1) is 0 Å². The number of pyridine rings is 1. The van der Waals surface area contributed by atoms with Crippen LogP contribution in [0.3, 0.4) is 0 Å². The summed E-state index contributed by atoms with van der Waals surface area (Å²) < 4.78 is 18.3. The number of ether oxygens (including phenoxy) is 3. The number of thioether (sulfide) groups is 1. The minimum atomic E-state index is -0.225. The van der Waals surface area contributed by atoms with Gasteiger partial charge in [-0.25, -0.2) is 9.97 Å². The van der Waals surface area contributed by atoms with Gasteiger partial charge in [0.1, 0.15) is 15.3 Å². The van der Waals surface area contributed by atoms with Crippen LogP contribution in [0.4, 0.5) is 5.82 Å². The van der Waals surface area contributed by atoms with Crippen LogP contribution in [0.25, 0.3) is 20.4 Å². The summed E-state index contributed by atoms with van der Waals surface area (Å²) in [6.45, 7) is 8.00. The minimum absolute atomic E-state index is 0.225. The van der Waals surface area contributed by atoms with Gasteiger partial charge in [-0.05, 0) is 25.7 Å². The maximum Gasteiger partial charge on any atom is 0.235 e. The third kappa shape index (κ3) is 3.24. The summed E-state index contributed by atoms with van der Waals surface area (Å²) in [5.74, 6) is 1.64. The first-order valence-corrected chi connectivity index (χ1v) is 11.8. The van der Waals surface area contributed by atoms with E-state index in [0.29, 0.717) is 17.6 Å². The highest BCUT2D eigenvalue weighted by Gasteiger charge is 2.33. The van der Waals surface area contributed by atoms with Gasteiger partial charge in [0.25, 0.3) is 0 Å². The summed E-state index contributed by atoms with van der Waals surface area (Å²) in [5, 5.41) is 1.84. The minimum Gasteiger partial charge on any atom is -0.480 e. The molecule has 3 aromatic rings. The maximum absolute atomic E-state index is 6.19. The molecule has 0 aliphatic carbocycles. The first kappa shape index (κ1) is 19.3. The Hall–Kier alpha value is -1.68. The topological polar surface area (TPSA) is 69.6 Å². The largest absolute Gasteiger partial charge is 0.480 e. The van der Waals surface area contributed by atoms with E-state index in [0.717, 1.165) is 59.0 Å². The van der Waals surface area contributed by atoms with Crippen LogP contribution in [0.2, 0.25) is 0 Å². The van der Waals surface area contributed by atoms with Gasteiger partial charge in [0.15, 0.2) is 5.16 Å². The number of nitrogens with zero attached hydrogens (tertiary/aromatic N) is 4. The molecule has 0 amide bonds. The van der Waals surface area contributed by atoms with Crippen LogP contribution in [0.15, 0.2) is 5.16 Å². The average Bonchev–Trinajstić information content (AvgIpc) is 3.11. The molecule has 0 spiro atoms. The Morgan fingerprint density at radius 3 is 2.66 bits per heavy atom. The molecule has 0 saturated carbocycles. The molecule has 3 aromatic heterocycles. The second-order valence-electron chi connectivity index (χ2n) is 7.90. The van der Waals surface area contributed by atoms with Crippen molar-refractivity contribution in [1.29, 1.82) is 0 Å². The van der Waals surface area contributed by atoms with Crippen molar-refractivity contribution in [3.8, 4) is 5.88 Å². The maximum atomic E-state index is 6.19. The van der Waals surface area contributed by atoms with Crippen molar-refractivity contribution < 1.29 is 14.2 Å². The molecule has 29 heavy (non-hydrogen) atoms. The summed E-state index contributed by atoms with van der Waals surface area (Å²) in [5.41, 5.74) is 3.20. The molecule has 5 heterocycles. The molecule has 0 radical (unpaired) electrons. The van der Waals surface area contributed by atoms with E-state index in [9.17, 15) is 0 Å². The number of morpholine rings is 1. The summed E-state index contributed by atoms with van der Waals surface area (Å²) in [7, 11) is 1.66. The van der Waals surface area contributed by atoms with Crippen molar-refractivity contribution in [2.75, 3.05) is 44.6 Å². The fourth-order valence-corrected chi connectivity index (χ4v) is 5.54. The van der Waals surface area contributed by atoms with E-state index in [2.05, 4.69) is 23.7 Å². The quantitative estimate of drug-likeness (QED) is 0.459. The number of aromatic nitrogens is 3. The molecule has 1 fully saturated rings. The Morgan fingerprint density at radius 1 is 1.14 bits per heavy atom. The lowest BCUT2D eigenvalue weighted by Gasteiger charge is -2.36. The smallest absolute Gasteiger partial charge is 0.235 e. The molecule has 5 rings (SSSR count). The number of thiophene rings is 1. The van der Waals surface area contributed by atoms with Crippen LogP contribution in [-0.4, -0.2) is 60.2 Å². The Bertz CT molecular complexity index is 1090. The number of hydrogen-bond donors (Lipinski definition) is 0. The van der Waals surface area contributed by atoms with Gasteiger partial charge < -0.3 is 19.1 Å². The van der Waals surface area contributed by atoms with Crippen molar-refractivity contribution >= 4 is 49.3 Å². The van der Waals surface area contributed by atoms with Crippen molar-refractivity contribution in [2.24, 2.45) is 0 Å². The third-order valence-corrected chi connectivity index (χ3v) is 7.11. The average molecular weight is 433 g/mol. The normalized spacial score (nSPS) is 19.0. The molecule has 0 atom stereocenters. The second kappa shape index (κ2) is 7.23. The lowest BCUT2D eigenvalue weighted by molar-refractivity contribution is -0.0396. The number of hydrogen-bond acceptors (Lipinski definition) is 9. The van der Waals surface area contributed by atoms with Crippen molar-refractivity contribution in [1.82, 2.24) is 15.0 Å². The molecular weight excluding hydrogens is 408 g/mol. The fraction of sp³-hybridized carbons (Fsp3) is 0.550. The Kier molecular flexibility index (Phi) is 4.81.